The first-order valence-corrected chi connectivity index (χ1v) is 7.89. The smallest absolute Gasteiger partial charge is 0.340 e. The van der Waals surface area contributed by atoms with Gasteiger partial charge < -0.3 is 5.11 Å². The highest BCUT2D eigenvalue weighted by Crippen LogP contribution is 2.19. The first kappa shape index (κ1) is 15.0. The van der Waals surface area contributed by atoms with Crippen molar-refractivity contribution < 1.29 is 18.3 Å². The van der Waals surface area contributed by atoms with Crippen LogP contribution in [0.15, 0.2) is 5.03 Å². The van der Waals surface area contributed by atoms with Gasteiger partial charge in [0.05, 0.1) is 0 Å². The molecule has 7 nitrogen and oxygen atoms in total. The van der Waals surface area contributed by atoms with E-state index < -0.39 is 21.0 Å². The molecule has 1 aromatic heterocycles. The van der Waals surface area contributed by atoms with E-state index in [1.807, 2.05) is 6.26 Å². The lowest BCUT2D eigenvalue weighted by atomic mass is 10.3. The largest absolute Gasteiger partial charge is 0.478 e. The molecule has 1 rings (SSSR count). The number of hydrogen-bond acceptors (Lipinski definition) is 5. The number of aromatic nitrogens is 2. The summed E-state index contributed by atoms with van der Waals surface area (Å²) in [5, 5.41) is 14.6. The van der Waals surface area contributed by atoms with Gasteiger partial charge in [-0.1, -0.05) is 0 Å². The highest BCUT2D eigenvalue weighted by atomic mass is 32.2. The number of H-pyrrole nitrogens is 1. The molecule has 9 heteroatoms. The van der Waals surface area contributed by atoms with Crippen LogP contribution in [0.1, 0.15) is 16.1 Å². The number of thioether (sulfide) groups is 1. The molecule has 0 atom stereocenters. The van der Waals surface area contributed by atoms with E-state index in [1.165, 1.54) is 25.7 Å². The Balaban J connectivity index is 3.17. The summed E-state index contributed by atoms with van der Waals surface area (Å²) in [5.41, 5.74) is -0.0784. The van der Waals surface area contributed by atoms with Crippen LogP contribution in [0.3, 0.4) is 0 Å². The Morgan fingerprint density at radius 2 is 2.17 bits per heavy atom. The summed E-state index contributed by atoms with van der Waals surface area (Å²) in [5.74, 6) is -0.681. The predicted molar refractivity (Wildman–Crippen MR) is 68.5 cm³/mol. The van der Waals surface area contributed by atoms with Gasteiger partial charge in [-0.15, -0.1) is 0 Å². The van der Waals surface area contributed by atoms with Crippen LogP contribution in [0, 0.1) is 6.92 Å². The molecule has 2 N–H and O–H groups in total. The van der Waals surface area contributed by atoms with E-state index in [9.17, 15) is 13.2 Å². The Hall–Kier alpha value is -1.06. The minimum absolute atomic E-state index is 0.222. The van der Waals surface area contributed by atoms with Crippen LogP contribution >= 0.6 is 11.8 Å². The van der Waals surface area contributed by atoms with Crippen LogP contribution in [0.5, 0.6) is 0 Å². The van der Waals surface area contributed by atoms with Crippen LogP contribution < -0.4 is 0 Å². The number of carbonyl (C=O) groups is 1. The molecule has 0 saturated carbocycles. The molecule has 0 unspecified atom stereocenters. The Labute approximate surface area is 110 Å². The molecule has 0 radical (unpaired) electrons. The molecule has 0 saturated heterocycles. The molecule has 102 valence electrons. The van der Waals surface area contributed by atoms with Gasteiger partial charge in [0.15, 0.2) is 0 Å². The Bertz CT molecular complexity index is 538. The number of rotatable bonds is 6. The number of aryl methyl sites for hydroxylation is 1. The number of aromatic amines is 1. The molecular formula is C9H15N3O4S2. The van der Waals surface area contributed by atoms with Crippen molar-refractivity contribution in [1.29, 1.82) is 0 Å². The molecule has 0 aliphatic heterocycles. The monoisotopic (exact) mass is 293 g/mol. The van der Waals surface area contributed by atoms with E-state index in [2.05, 4.69) is 10.2 Å². The van der Waals surface area contributed by atoms with Gasteiger partial charge in [0.25, 0.3) is 10.0 Å². The van der Waals surface area contributed by atoms with Gasteiger partial charge in [0, 0.05) is 25.0 Å². The molecule has 0 spiro atoms. The Kier molecular flexibility index (Phi) is 4.77. The topological polar surface area (TPSA) is 103 Å². The van der Waals surface area contributed by atoms with E-state index in [0.717, 1.165) is 4.31 Å². The predicted octanol–water partition coefficient (Wildman–Crippen LogP) is 0.400. The SMILES string of the molecule is CSCCN(C)S(=O)(=O)c1n[nH]c(C)c1C(=O)O. The number of sulfonamides is 1. The summed E-state index contributed by atoms with van der Waals surface area (Å²) < 4.78 is 25.4. The summed E-state index contributed by atoms with van der Waals surface area (Å²) in [6.07, 6.45) is 1.86. The van der Waals surface area contributed by atoms with E-state index in [0.29, 0.717) is 12.3 Å². The third-order valence-electron chi connectivity index (χ3n) is 2.39. The molecule has 0 amide bonds. The third kappa shape index (κ3) is 2.85. The Morgan fingerprint density at radius 3 is 2.67 bits per heavy atom. The molecule has 1 heterocycles. The number of aromatic carboxylic acids is 1. The molecule has 0 bridgehead atoms. The van der Waals surface area contributed by atoms with Crippen molar-refractivity contribution in [2.24, 2.45) is 0 Å². The first-order chi connectivity index (χ1) is 8.32. The molecule has 0 fully saturated rings. The van der Waals surface area contributed by atoms with Gasteiger partial charge in [-0.2, -0.15) is 21.2 Å². The van der Waals surface area contributed by atoms with Crippen molar-refractivity contribution in [3.63, 3.8) is 0 Å². The maximum Gasteiger partial charge on any atom is 0.340 e. The van der Waals surface area contributed by atoms with Gasteiger partial charge in [-0.05, 0) is 13.2 Å². The van der Waals surface area contributed by atoms with E-state index >= 15 is 0 Å². The lowest BCUT2D eigenvalue weighted by Gasteiger charge is -2.15. The third-order valence-corrected chi connectivity index (χ3v) is 4.77. The van der Waals surface area contributed by atoms with Gasteiger partial charge in [-0.3, -0.25) is 5.10 Å². The minimum atomic E-state index is -3.87. The molecule has 1 aromatic rings. The van der Waals surface area contributed by atoms with Crippen molar-refractivity contribution in [2.45, 2.75) is 11.9 Å². The number of hydrogen-bond donors (Lipinski definition) is 2. The molecular weight excluding hydrogens is 278 g/mol. The van der Waals surface area contributed by atoms with Crippen LogP contribution in [0.25, 0.3) is 0 Å². The average Bonchev–Trinajstić information content (AvgIpc) is 2.68. The van der Waals surface area contributed by atoms with Gasteiger partial charge in [-0.25, -0.2) is 13.2 Å². The molecule has 0 aliphatic carbocycles. The van der Waals surface area contributed by atoms with Crippen molar-refractivity contribution in [1.82, 2.24) is 14.5 Å². The van der Waals surface area contributed by atoms with Crippen molar-refractivity contribution in [3.05, 3.63) is 11.3 Å². The second-order valence-corrected chi connectivity index (χ2v) is 6.60. The standard InChI is InChI=1S/C9H15N3O4S2/c1-6-7(9(13)14)8(11-10-6)18(15,16)12(2)4-5-17-3/h4-5H2,1-3H3,(H,10,11)(H,13,14). The van der Waals surface area contributed by atoms with Gasteiger partial charge >= 0.3 is 5.97 Å². The van der Waals surface area contributed by atoms with E-state index in [1.54, 1.807) is 0 Å². The highest BCUT2D eigenvalue weighted by molar-refractivity contribution is 7.98. The summed E-state index contributed by atoms with van der Waals surface area (Å²) in [6, 6.07) is 0. The maximum atomic E-state index is 12.1. The summed E-state index contributed by atoms with van der Waals surface area (Å²) >= 11 is 1.51. The van der Waals surface area contributed by atoms with Crippen molar-refractivity contribution in [3.8, 4) is 0 Å². The van der Waals surface area contributed by atoms with Crippen molar-refractivity contribution in [2.75, 3.05) is 25.6 Å². The zero-order valence-electron chi connectivity index (χ0n) is 10.3. The molecule has 0 aliphatic rings. The number of carboxylic acid groups (broad SMARTS) is 1. The lowest BCUT2D eigenvalue weighted by Crippen LogP contribution is -2.30. The molecule has 18 heavy (non-hydrogen) atoms. The number of nitrogens with one attached hydrogen (secondary N) is 1. The van der Waals surface area contributed by atoms with Crippen molar-refractivity contribution >= 4 is 27.8 Å². The normalized spacial score (nSPS) is 12.0. The number of nitrogens with zero attached hydrogens (tertiary/aromatic N) is 2. The fraction of sp³-hybridized carbons (Fsp3) is 0.556. The van der Waals surface area contributed by atoms with Gasteiger partial charge in [0.1, 0.15) is 5.56 Å². The average molecular weight is 293 g/mol. The minimum Gasteiger partial charge on any atom is -0.478 e. The summed E-state index contributed by atoms with van der Waals surface area (Å²) in [6.45, 7) is 1.77. The first-order valence-electron chi connectivity index (χ1n) is 5.06. The molecule has 0 aromatic carbocycles. The lowest BCUT2D eigenvalue weighted by molar-refractivity contribution is 0.0691. The number of carboxylic acids is 1. The second-order valence-electron chi connectivity index (χ2n) is 3.65. The second kappa shape index (κ2) is 5.72. The fourth-order valence-corrected chi connectivity index (χ4v) is 3.19. The summed E-state index contributed by atoms with van der Waals surface area (Å²) in [4.78, 5) is 11.0. The highest BCUT2D eigenvalue weighted by Gasteiger charge is 2.31. The zero-order valence-corrected chi connectivity index (χ0v) is 11.9. The van der Waals surface area contributed by atoms with E-state index in [4.69, 9.17) is 5.11 Å². The maximum absolute atomic E-state index is 12.1. The van der Waals surface area contributed by atoms with Crippen LogP contribution in [0.4, 0.5) is 0 Å². The Morgan fingerprint density at radius 1 is 1.56 bits per heavy atom. The van der Waals surface area contributed by atoms with Crippen LogP contribution in [-0.4, -0.2) is 59.6 Å². The van der Waals surface area contributed by atoms with Gasteiger partial charge in [0.2, 0.25) is 5.03 Å². The van der Waals surface area contributed by atoms with Crippen LogP contribution in [-0.2, 0) is 10.0 Å². The summed E-state index contributed by atoms with van der Waals surface area (Å²) in [7, 11) is -2.47. The van der Waals surface area contributed by atoms with Crippen LogP contribution in [0.2, 0.25) is 0 Å². The quantitative estimate of drug-likeness (QED) is 0.787. The zero-order chi connectivity index (χ0) is 13.9. The fourth-order valence-electron chi connectivity index (χ4n) is 1.33. The van der Waals surface area contributed by atoms with E-state index in [-0.39, 0.29) is 11.3 Å².